The highest BCUT2D eigenvalue weighted by Gasteiger charge is 2.19. The van der Waals surface area contributed by atoms with E-state index in [4.69, 9.17) is 0 Å². The number of amides is 1. The summed E-state index contributed by atoms with van der Waals surface area (Å²) < 4.78 is 0. The molecule has 0 spiro atoms. The quantitative estimate of drug-likeness (QED) is 0.905. The first-order valence-corrected chi connectivity index (χ1v) is 8.22. The fraction of sp³-hybridized carbons (Fsp3) is 0.611. The number of hydrogen-bond acceptors (Lipinski definition) is 3. The molecule has 0 aromatic heterocycles. The van der Waals surface area contributed by atoms with Crippen molar-refractivity contribution in [2.75, 3.05) is 32.7 Å². The molecular weight excluding hydrogens is 274 g/mol. The van der Waals surface area contributed by atoms with Gasteiger partial charge in [-0.1, -0.05) is 30.3 Å². The summed E-state index contributed by atoms with van der Waals surface area (Å²) in [6.07, 6.45) is 0.593. The highest BCUT2D eigenvalue weighted by Crippen LogP contribution is 2.09. The third kappa shape index (κ3) is 6.16. The van der Waals surface area contributed by atoms with E-state index in [-0.39, 0.29) is 11.4 Å². The number of piperazine rings is 1. The Morgan fingerprint density at radius 1 is 1.05 bits per heavy atom. The van der Waals surface area contributed by atoms with Crippen LogP contribution in [0, 0.1) is 0 Å². The Morgan fingerprint density at radius 3 is 2.23 bits per heavy atom. The van der Waals surface area contributed by atoms with Crippen molar-refractivity contribution in [3.63, 3.8) is 0 Å². The lowest BCUT2D eigenvalue weighted by atomic mass is 10.1. The van der Waals surface area contributed by atoms with Crippen molar-refractivity contribution in [2.24, 2.45) is 0 Å². The Morgan fingerprint density at radius 2 is 1.64 bits per heavy atom. The number of nitrogens with one attached hydrogen (secondary N) is 1. The van der Waals surface area contributed by atoms with E-state index in [2.05, 4.69) is 45.4 Å². The van der Waals surface area contributed by atoms with Crippen LogP contribution in [-0.2, 0) is 11.3 Å². The van der Waals surface area contributed by atoms with E-state index >= 15 is 0 Å². The molecular formula is C18H29N3O. The standard InChI is InChI=1S/C18H29N3O/c1-18(2,3)19-17(22)9-10-20-11-13-21(14-12-20)15-16-7-5-4-6-8-16/h4-8H,9-15H2,1-3H3,(H,19,22). The van der Waals surface area contributed by atoms with Crippen LogP contribution in [0.1, 0.15) is 32.8 Å². The van der Waals surface area contributed by atoms with E-state index in [1.165, 1.54) is 5.56 Å². The number of nitrogens with zero attached hydrogens (tertiary/aromatic N) is 2. The minimum Gasteiger partial charge on any atom is -0.351 e. The van der Waals surface area contributed by atoms with Gasteiger partial charge in [0.25, 0.3) is 0 Å². The summed E-state index contributed by atoms with van der Waals surface area (Å²) in [5, 5.41) is 3.02. The van der Waals surface area contributed by atoms with Crippen LogP contribution in [0.3, 0.4) is 0 Å². The molecule has 1 amide bonds. The van der Waals surface area contributed by atoms with E-state index in [0.29, 0.717) is 6.42 Å². The Bertz CT molecular complexity index is 459. The van der Waals surface area contributed by atoms with Gasteiger partial charge >= 0.3 is 0 Å². The predicted molar refractivity (Wildman–Crippen MR) is 90.7 cm³/mol. The van der Waals surface area contributed by atoms with Gasteiger partial charge < -0.3 is 10.2 Å². The summed E-state index contributed by atoms with van der Waals surface area (Å²) >= 11 is 0. The molecule has 1 heterocycles. The molecule has 1 fully saturated rings. The third-order valence-corrected chi connectivity index (χ3v) is 3.88. The van der Waals surface area contributed by atoms with Gasteiger partial charge in [0.05, 0.1) is 0 Å². The highest BCUT2D eigenvalue weighted by atomic mass is 16.1. The molecule has 0 unspecified atom stereocenters. The molecule has 1 saturated heterocycles. The fourth-order valence-electron chi connectivity index (χ4n) is 2.75. The van der Waals surface area contributed by atoms with Crippen LogP contribution in [0.5, 0.6) is 0 Å². The zero-order valence-corrected chi connectivity index (χ0v) is 14.1. The number of carbonyl (C=O) groups is 1. The van der Waals surface area contributed by atoms with Gasteiger partial charge in [-0.2, -0.15) is 0 Å². The van der Waals surface area contributed by atoms with Crippen LogP contribution < -0.4 is 5.32 Å². The predicted octanol–water partition coefficient (Wildman–Crippen LogP) is 2.11. The SMILES string of the molecule is CC(C)(C)NC(=O)CCN1CCN(Cc2ccccc2)CC1. The van der Waals surface area contributed by atoms with Crippen LogP contribution in [0.4, 0.5) is 0 Å². The van der Waals surface area contributed by atoms with Crippen LogP contribution in [-0.4, -0.2) is 54.0 Å². The summed E-state index contributed by atoms with van der Waals surface area (Å²) in [5.74, 6) is 0.152. The molecule has 0 saturated carbocycles. The number of rotatable bonds is 5. The molecule has 1 N–H and O–H groups in total. The van der Waals surface area contributed by atoms with Gasteiger partial charge in [0.15, 0.2) is 0 Å². The Kier molecular flexibility index (Phi) is 5.98. The van der Waals surface area contributed by atoms with Crippen LogP contribution in [0.2, 0.25) is 0 Å². The van der Waals surface area contributed by atoms with E-state index < -0.39 is 0 Å². The van der Waals surface area contributed by atoms with Crippen LogP contribution in [0.25, 0.3) is 0 Å². The largest absolute Gasteiger partial charge is 0.351 e. The summed E-state index contributed by atoms with van der Waals surface area (Å²) in [6, 6.07) is 10.6. The fourth-order valence-corrected chi connectivity index (χ4v) is 2.75. The molecule has 22 heavy (non-hydrogen) atoms. The van der Waals surface area contributed by atoms with Crippen molar-refractivity contribution < 1.29 is 4.79 Å². The maximum atomic E-state index is 11.9. The summed E-state index contributed by atoms with van der Waals surface area (Å²) in [6.45, 7) is 12.2. The highest BCUT2D eigenvalue weighted by molar-refractivity contribution is 5.76. The monoisotopic (exact) mass is 303 g/mol. The van der Waals surface area contributed by atoms with E-state index in [0.717, 1.165) is 39.3 Å². The lowest BCUT2D eigenvalue weighted by Crippen LogP contribution is -2.47. The Balaban J connectivity index is 1.66. The van der Waals surface area contributed by atoms with Gasteiger partial charge in [-0.05, 0) is 26.3 Å². The molecule has 1 aromatic rings. The first kappa shape index (κ1) is 17.0. The minimum absolute atomic E-state index is 0.133. The topological polar surface area (TPSA) is 35.6 Å². The van der Waals surface area contributed by atoms with Crippen molar-refractivity contribution >= 4 is 5.91 Å². The summed E-state index contributed by atoms with van der Waals surface area (Å²) in [7, 11) is 0. The lowest BCUT2D eigenvalue weighted by molar-refractivity contribution is -0.122. The first-order valence-electron chi connectivity index (χ1n) is 8.22. The Hall–Kier alpha value is -1.39. The zero-order chi connectivity index (χ0) is 16.0. The summed E-state index contributed by atoms with van der Waals surface area (Å²) in [4.78, 5) is 16.7. The second kappa shape index (κ2) is 7.75. The third-order valence-electron chi connectivity index (χ3n) is 3.88. The van der Waals surface area contributed by atoms with Crippen molar-refractivity contribution in [1.29, 1.82) is 0 Å². The zero-order valence-electron chi connectivity index (χ0n) is 14.1. The molecule has 1 aliphatic rings. The normalized spacial score (nSPS) is 17.4. The van der Waals surface area contributed by atoms with Crippen LogP contribution >= 0.6 is 0 Å². The maximum Gasteiger partial charge on any atom is 0.221 e. The molecule has 1 aromatic carbocycles. The molecule has 0 radical (unpaired) electrons. The second-order valence-electron chi connectivity index (χ2n) is 7.15. The summed E-state index contributed by atoms with van der Waals surface area (Å²) in [5.41, 5.74) is 1.24. The smallest absolute Gasteiger partial charge is 0.221 e. The molecule has 2 rings (SSSR count). The number of carbonyl (C=O) groups excluding carboxylic acids is 1. The van der Waals surface area contributed by atoms with Gasteiger partial charge in [0, 0.05) is 51.2 Å². The maximum absolute atomic E-state index is 11.9. The van der Waals surface area contributed by atoms with Gasteiger partial charge in [-0.15, -0.1) is 0 Å². The van der Waals surface area contributed by atoms with Crippen molar-refractivity contribution in [2.45, 2.75) is 39.3 Å². The molecule has 122 valence electrons. The average Bonchev–Trinajstić information content (AvgIpc) is 2.46. The number of benzene rings is 1. The van der Waals surface area contributed by atoms with E-state index in [1.54, 1.807) is 0 Å². The van der Waals surface area contributed by atoms with E-state index in [9.17, 15) is 4.79 Å². The van der Waals surface area contributed by atoms with E-state index in [1.807, 2.05) is 20.8 Å². The Labute approximate surface area is 134 Å². The lowest BCUT2D eigenvalue weighted by Gasteiger charge is -2.34. The molecule has 4 heteroatoms. The van der Waals surface area contributed by atoms with Gasteiger partial charge in [-0.3, -0.25) is 9.69 Å². The molecule has 1 aliphatic heterocycles. The van der Waals surface area contributed by atoms with Gasteiger partial charge in [-0.25, -0.2) is 0 Å². The van der Waals surface area contributed by atoms with Crippen molar-refractivity contribution in [3.8, 4) is 0 Å². The molecule has 0 atom stereocenters. The van der Waals surface area contributed by atoms with Crippen molar-refractivity contribution in [1.82, 2.24) is 15.1 Å². The van der Waals surface area contributed by atoms with Crippen LogP contribution in [0.15, 0.2) is 30.3 Å². The van der Waals surface area contributed by atoms with Crippen molar-refractivity contribution in [3.05, 3.63) is 35.9 Å². The average molecular weight is 303 g/mol. The molecule has 0 bridgehead atoms. The first-order chi connectivity index (χ1) is 10.4. The van der Waals surface area contributed by atoms with Gasteiger partial charge in [0.2, 0.25) is 5.91 Å². The molecule has 4 nitrogen and oxygen atoms in total. The minimum atomic E-state index is -0.133. The number of hydrogen-bond donors (Lipinski definition) is 1. The molecule has 0 aliphatic carbocycles. The second-order valence-corrected chi connectivity index (χ2v) is 7.15. The van der Waals surface area contributed by atoms with Gasteiger partial charge in [0.1, 0.15) is 0 Å².